The highest BCUT2D eigenvalue weighted by Crippen LogP contribution is 2.30. The fourth-order valence-corrected chi connectivity index (χ4v) is 2.13. The van der Waals surface area contributed by atoms with E-state index in [4.69, 9.17) is 16.7 Å². The maximum absolute atomic E-state index is 8.93. The molecule has 2 unspecified atom stereocenters. The zero-order valence-corrected chi connectivity index (χ0v) is 6.98. The highest BCUT2D eigenvalue weighted by molar-refractivity contribution is 6.18. The van der Waals surface area contributed by atoms with Gasteiger partial charge in [-0.25, -0.2) is 0 Å². The number of aliphatic hydroxyl groups excluding tert-OH is 1. The van der Waals surface area contributed by atoms with Crippen LogP contribution in [0.3, 0.4) is 0 Å². The lowest BCUT2D eigenvalue weighted by Crippen LogP contribution is -2.23. The summed E-state index contributed by atoms with van der Waals surface area (Å²) in [6.45, 7) is 0.331. The van der Waals surface area contributed by atoms with Gasteiger partial charge in [0.25, 0.3) is 0 Å². The Morgan fingerprint density at radius 1 is 1.20 bits per heavy atom. The highest BCUT2D eigenvalue weighted by Gasteiger charge is 2.22. The Balaban J connectivity index is 2.34. The average Bonchev–Trinajstić information content (AvgIpc) is 2.04. The Labute approximate surface area is 67.4 Å². The molecule has 1 rings (SSSR count). The summed E-state index contributed by atoms with van der Waals surface area (Å²) in [5, 5.41) is 8.93. The van der Waals surface area contributed by atoms with Crippen molar-refractivity contribution in [3.8, 4) is 0 Å². The summed E-state index contributed by atoms with van der Waals surface area (Å²) in [5.74, 6) is 1.80. The van der Waals surface area contributed by atoms with Gasteiger partial charge in [0, 0.05) is 12.5 Å². The van der Waals surface area contributed by atoms with Gasteiger partial charge in [-0.2, -0.15) is 0 Å². The van der Waals surface area contributed by atoms with Crippen LogP contribution in [0.1, 0.15) is 25.7 Å². The van der Waals surface area contributed by atoms with E-state index in [-0.39, 0.29) is 0 Å². The molecule has 0 heterocycles. The number of rotatable bonds is 2. The first-order valence-corrected chi connectivity index (χ1v) is 4.58. The fraction of sp³-hybridized carbons (Fsp3) is 1.00. The number of halogens is 1. The average molecular weight is 163 g/mol. The van der Waals surface area contributed by atoms with Crippen molar-refractivity contribution in [1.29, 1.82) is 0 Å². The van der Waals surface area contributed by atoms with Gasteiger partial charge < -0.3 is 5.11 Å². The van der Waals surface area contributed by atoms with Crippen LogP contribution in [0.15, 0.2) is 0 Å². The molecule has 1 aliphatic rings. The summed E-state index contributed by atoms with van der Waals surface area (Å²) in [5.41, 5.74) is 0. The van der Waals surface area contributed by atoms with Crippen LogP contribution in [0.2, 0.25) is 0 Å². The molecule has 1 fully saturated rings. The lowest BCUT2D eigenvalue weighted by molar-refractivity contribution is 0.146. The van der Waals surface area contributed by atoms with Crippen molar-refractivity contribution in [2.24, 2.45) is 11.8 Å². The largest absolute Gasteiger partial charge is 0.396 e. The van der Waals surface area contributed by atoms with E-state index in [9.17, 15) is 0 Å². The van der Waals surface area contributed by atoms with Crippen molar-refractivity contribution in [2.45, 2.75) is 25.7 Å². The minimum absolute atomic E-state index is 0.331. The first kappa shape index (κ1) is 8.35. The topological polar surface area (TPSA) is 20.2 Å². The molecular weight excluding hydrogens is 148 g/mol. The van der Waals surface area contributed by atoms with Gasteiger partial charge in [-0.1, -0.05) is 12.8 Å². The highest BCUT2D eigenvalue weighted by atomic mass is 35.5. The van der Waals surface area contributed by atoms with E-state index >= 15 is 0 Å². The standard InChI is InChI=1S/C8H15ClO/c9-5-7-3-1-2-4-8(7)6-10/h7-8,10H,1-6H2. The zero-order chi connectivity index (χ0) is 7.40. The molecule has 1 nitrogen and oxygen atoms in total. The third-order valence-corrected chi connectivity index (χ3v) is 2.90. The van der Waals surface area contributed by atoms with Crippen molar-refractivity contribution in [3.05, 3.63) is 0 Å². The summed E-state index contributed by atoms with van der Waals surface area (Å²) >= 11 is 5.74. The minimum atomic E-state index is 0.331. The monoisotopic (exact) mass is 162 g/mol. The summed E-state index contributed by atoms with van der Waals surface area (Å²) in [6, 6.07) is 0. The number of alkyl halides is 1. The molecule has 2 heteroatoms. The molecule has 10 heavy (non-hydrogen) atoms. The van der Waals surface area contributed by atoms with Gasteiger partial charge in [0.15, 0.2) is 0 Å². The van der Waals surface area contributed by atoms with Gasteiger partial charge in [0.1, 0.15) is 0 Å². The van der Waals surface area contributed by atoms with Crippen LogP contribution in [-0.2, 0) is 0 Å². The van der Waals surface area contributed by atoms with Gasteiger partial charge in [-0.15, -0.1) is 11.6 Å². The predicted octanol–water partition coefficient (Wildman–Crippen LogP) is 2.02. The van der Waals surface area contributed by atoms with Gasteiger partial charge in [-0.3, -0.25) is 0 Å². The maximum Gasteiger partial charge on any atom is 0.0462 e. The van der Waals surface area contributed by atoms with Crippen LogP contribution in [0, 0.1) is 11.8 Å². The summed E-state index contributed by atoms with van der Waals surface area (Å²) in [6.07, 6.45) is 4.97. The third kappa shape index (κ3) is 1.86. The van der Waals surface area contributed by atoms with Gasteiger partial charge in [0.2, 0.25) is 0 Å². The molecule has 0 aromatic heterocycles. The quantitative estimate of drug-likeness (QED) is 0.616. The SMILES string of the molecule is OCC1CCCCC1CCl. The van der Waals surface area contributed by atoms with Crippen LogP contribution in [0.5, 0.6) is 0 Å². The maximum atomic E-state index is 8.93. The Bertz CT molecular complexity index is 83.3. The summed E-state index contributed by atoms with van der Waals surface area (Å²) < 4.78 is 0. The lowest BCUT2D eigenvalue weighted by Gasteiger charge is -2.28. The van der Waals surface area contributed by atoms with Crippen molar-refractivity contribution in [2.75, 3.05) is 12.5 Å². The van der Waals surface area contributed by atoms with E-state index in [0.717, 1.165) is 5.88 Å². The Kier molecular flexibility index (Phi) is 3.50. The molecule has 60 valence electrons. The van der Waals surface area contributed by atoms with Crippen molar-refractivity contribution in [3.63, 3.8) is 0 Å². The molecule has 2 atom stereocenters. The van der Waals surface area contributed by atoms with Crippen molar-refractivity contribution in [1.82, 2.24) is 0 Å². The second-order valence-corrected chi connectivity index (χ2v) is 3.45. The molecule has 1 saturated carbocycles. The minimum Gasteiger partial charge on any atom is -0.396 e. The first-order chi connectivity index (χ1) is 4.88. The van der Waals surface area contributed by atoms with Gasteiger partial charge in [0.05, 0.1) is 0 Å². The number of aliphatic hydroxyl groups is 1. The van der Waals surface area contributed by atoms with Gasteiger partial charge >= 0.3 is 0 Å². The van der Waals surface area contributed by atoms with E-state index < -0.39 is 0 Å². The number of hydrogen-bond acceptors (Lipinski definition) is 1. The van der Waals surface area contributed by atoms with Gasteiger partial charge in [-0.05, 0) is 24.7 Å². The molecule has 0 aliphatic heterocycles. The smallest absolute Gasteiger partial charge is 0.0462 e. The third-order valence-electron chi connectivity index (χ3n) is 2.50. The number of hydrogen-bond donors (Lipinski definition) is 1. The van der Waals surface area contributed by atoms with E-state index in [2.05, 4.69) is 0 Å². The molecule has 0 amide bonds. The fourth-order valence-electron chi connectivity index (χ4n) is 1.73. The molecule has 0 aromatic carbocycles. The van der Waals surface area contributed by atoms with Crippen LogP contribution >= 0.6 is 11.6 Å². The second kappa shape index (κ2) is 4.20. The summed E-state index contributed by atoms with van der Waals surface area (Å²) in [4.78, 5) is 0. The Morgan fingerprint density at radius 3 is 2.20 bits per heavy atom. The second-order valence-electron chi connectivity index (χ2n) is 3.14. The molecule has 0 spiro atoms. The molecule has 1 N–H and O–H groups in total. The molecule has 1 aliphatic carbocycles. The van der Waals surface area contributed by atoms with Crippen LogP contribution in [0.25, 0.3) is 0 Å². The molecule has 0 aromatic rings. The Hall–Kier alpha value is 0.250. The van der Waals surface area contributed by atoms with Crippen molar-refractivity contribution >= 4 is 11.6 Å². The zero-order valence-electron chi connectivity index (χ0n) is 6.22. The normalized spacial score (nSPS) is 34.2. The van der Waals surface area contributed by atoms with Crippen LogP contribution in [-0.4, -0.2) is 17.6 Å². The molecule has 0 bridgehead atoms. The predicted molar refractivity (Wildman–Crippen MR) is 43.3 cm³/mol. The Morgan fingerprint density at radius 2 is 1.80 bits per heavy atom. The molecule has 0 radical (unpaired) electrons. The van der Waals surface area contributed by atoms with E-state index in [1.165, 1.54) is 25.7 Å². The van der Waals surface area contributed by atoms with Crippen molar-refractivity contribution < 1.29 is 5.11 Å². The van der Waals surface area contributed by atoms with E-state index in [1.807, 2.05) is 0 Å². The van der Waals surface area contributed by atoms with Crippen LogP contribution < -0.4 is 0 Å². The van der Waals surface area contributed by atoms with Crippen LogP contribution in [0.4, 0.5) is 0 Å². The van der Waals surface area contributed by atoms with E-state index in [0.29, 0.717) is 18.4 Å². The molecular formula is C8H15ClO. The lowest BCUT2D eigenvalue weighted by atomic mass is 9.81. The summed E-state index contributed by atoms with van der Waals surface area (Å²) in [7, 11) is 0. The molecule has 0 saturated heterocycles. The van der Waals surface area contributed by atoms with E-state index in [1.54, 1.807) is 0 Å². The first-order valence-electron chi connectivity index (χ1n) is 4.05.